The second-order valence-corrected chi connectivity index (χ2v) is 5.01. The average molecular weight is 333 g/mol. The van der Waals surface area contributed by atoms with Gasteiger partial charge in [-0.2, -0.15) is 0 Å². The summed E-state index contributed by atoms with van der Waals surface area (Å²) in [6.07, 6.45) is 0. The Kier molecular flexibility index (Phi) is 5.29. The van der Waals surface area contributed by atoms with Crippen LogP contribution in [0.2, 0.25) is 0 Å². The van der Waals surface area contributed by atoms with Crippen LogP contribution < -0.4 is 11.1 Å². The molecule has 0 spiro atoms. The van der Waals surface area contributed by atoms with Gasteiger partial charge in [-0.15, -0.1) is 0 Å². The van der Waals surface area contributed by atoms with Crippen molar-refractivity contribution in [3.05, 3.63) is 28.0 Å². The summed E-state index contributed by atoms with van der Waals surface area (Å²) in [7, 11) is 0. The van der Waals surface area contributed by atoms with Gasteiger partial charge < -0.3 is 15.8 Å². The predicted molar refractivity (Wildman–Crippen MR) is 72.1 cm³/mol. The van der Waals surface area contributed by atoms with E-state index in [0.717, 1.165) is 12.1 Å². The maximum Gasteiger partial charge on any atom is 0.339 e. The molecule has 19 heavy (non-hydrogen) atoms. The SMILES string of the molecule is CC(C)NC(=O)COC(=O)c1cc(N)c(F)cc1Br. The zero-order valence-electron chi connectivity index (χ0n) is 10.5. The highest BCUT2D eigenvalue weighted by molar-refractivity contribution is 9.10. The molecule has 1 aromatic carbocycles. The largest absolute Gasteiger partial charge is 0.452 e. The molecule has 0 aliphatic carbocycles. The Hall–Kier alpha value is -1.63. The Morgan fingerprint density at radius 3 is 2.68 bits per heavy atom. The van der Waals surface area contributed by atoms with Crippen LogP contribution in [0.3, 0.4) is 0 Å². The third-order valence-corrected chi connectivity index (χ3v) is 2.75. The van der Waals surface area contributed by atoms with Gasteiger partial charge in [-0.05, 0) is 41.9 Å². The molecule has 3 N–H and O–H groups in total. The van der Waals surface area contributed by atoms with E-state index in [1.165, 1.54) is 0 Å². The van der Waals surface area contributed by atoms with E-state index in [1.54, 1.807) is 13.8 Å². The lowest BCUT2D eigenvalue weighted by atomic mass is 10.2. The zero-order valence-corrected chi connectivity index (χ0v) is 12.1. The van der Waals surface area contributed by atoms with E-state index in [9.17, 15) is 14.0 Å². The summed E-state index contributed by atoms with van der Waals surface area (Å²) in [5.74, 6) is -1.80. The van der Waals surface area contributed by atoms with Crippen molar-refractivity contribution >= 4 is 33.5 Å². The highest BCUT2D eigenvalue weighted by Crippen LogP contribution is 2.23. The molecule has 0 atom stereocenters. The predicted octanol–water partition coefficient (Wildman–Crippen LogP) is 1.85. The van der Waals surface area contributed by atoms with Gasteiger partial charge in [0.05, 0.1) is 11.3 Å². The molecule has 0 heterocycles. The quantitative estimate of drug-likeness (QED) is 0.651. The Morgan fingerprint density at radius 2 is 2.11 bits per heavy atom. The lowest BCUT2D eigenvalue weighted by molar-refractivity contribution is -0.124. The van der Waals surface area contributed by atoms with Crippen LogP contribution in [0.15, 0.2) is 16.6 Å². The monoisotopic (exact) mass is 332 g/mol. The fourth-order valence-corrected chi connectivity index (χ4v) is 1.77. The fourth-order valence-electron chi connectivity index (χ4n) is 1.29. The summed E-state index contributed by atoms with van der Waals surface area (Å²) in [4.78, 5) is 23.0. The minimum atomic E-state index is -0.752. The van der Waals surface area contributed by atoms with Crippen LogP contribution in [0.5, 0.6) is 0 Å². The minimum absolute atomic E-state index is 0.0422. The summed E-state index contributed by atoms with van der Waals surface area (Å²) < 4.78 is 18.1. The van der Waals surface area contributed by atoms with Gasteiger partial charge in [0.25, 0.3) is 5.91 Å². The van der Waals surface area contributed by atoms with Gasteiger partial charge in [0.15, 0.2) is 6.61 Å². The van der Waals surface area contributed by atoms with E-state index in [2.05, 4.69) is 21.2 Å². The van der Waals surface area contributed by atoms with Crippen molar-refractivity contribution in [2.75, 3.05) is 12.3 Å². The van der Waals surface area contributed by atoms with E-state index in [1.807, 2.05) is 0 Å². The van der Waals surface area contributed by atoms with Crippen molar-refractivity contribution in [3.8, 4) is 0 Å². The van der Waals surface area contributed by atoms with Gasteiger partial charge in [0, 0.05) is 10.5 Å². The normalized spacial score (nSPS) is 10.4. The molecule has 0 saturated heterocycles. The molecule has 1 aromatic rings. The lowest BCUT2D eigenvalue weighted by Gasteiger charge is -2.10. The third-order valence-electron chi connectivity index (χ3n) is 2.09. The molecule has 0 aliphatic rings. The number of halogens is 2. The smallest absolute Gasteiger partial charge is 0.339 e. The number of benzene rings is 1. The highest BCUT2D eigenvalue weighted by Gasteiger charge is 2.16. The summed E-state index contributed by atoms with van der Waals surface area (Å²) in [5.41, 5.74) is 5.27. The van der Waals surface area contributed by atoms with Crippen LogP contribution in [0, 0.1) is 5.82 Å². The number of nitrogen functional groups attached to an aromatic ring is 1. The van der Waals surface area contributed by atoms with Crippen LogP contribution in [-0.4, -0.2) is 24.5 Å². The van der Waals surface area contributed by atoms with Crippen molar-refractivity contribution in [1.82, 2.24) is 5.32 Å². The van der Waals surface area contributed by atoms with Crippen LogP contribution in [0.1, 0.15) is 24.2 Å². The van der Waals surface area contributed by atoms with Crippen molar-refractivity contribution in [2.45, 2.75) is 19.9 Å². The van der Waals surface area contributed by atoms with Crippen molar-refractivity contribution in [2.24, 2.45) is 0 Å². The van der Waals surface area contributed by atoms with Gasteiger partial charge in [0.2, 0.25) is 0 Å². The fraction of sp³-hybridized carbons (Fsp3) is 0.333. The van der Waals surface area contributed by atoms with E-state index in [0.29, 0.717) is 0 Å². The van der Waals surface area contributed by atoms with Gasteiger partial charge in [-0.3, -0.25) is 4.79 Å². The number of nitrogens with one attached hydrogen (secondary N) is 1. The molecule has 7 heteroatoms. The zero-order chi connectivity index (χ0) is 14.6. The molecule has 1 amide bonds. The van der Waals surface area contributed by atoms with Crippen LogP contribution in [0.4, 0.5) is 10.1 Å². The third kappa shape index (κ3) is 4.51. The van der Waals surface area contributed by atoms with Crippen molar-refractivity contribution in [3.63, 3.8) is 0 Å². The first-order chi connectivity index (χ1) is 8.81. The maximum atomic E-state index is 13.1. The summed E-state index contributed by atoms with van der Waals surface area (Å²) in [6, 6.07) is 2.18. The van der Waals surface area contributed by atoms with E-state index < -0.39 is 24.3 Å². The molecule has 5 nitrogen and oxygen atoms in total. The Labute approximate surface area is 118 Å². The Bertz CT molecular complexity index is 506. The second-order valence-electron chi connectivity index (χ2n) is 4.15. The van der Waals surface area contributed by atoms with Crippen molar-refractivity contribution < 1.29 is 18.7 Å². The first-order valence-corrected chi connectivity index (χ1v) is 6.31. The molecule has 0 aromatic heterocycles. The van der Waals surface area contributed by atoms with Gasteiger partial charge >= 0.3 is 5.97 Å². The summed E-state index contributed by atoms with van der Waals surface area (Å²) in [5, 5.41) is 2.57. The number of hydrogen-bond acceptors (Lipinski definition) is 4. The molecule has 0 radical (unpaired) electrons. The molecular weight excluding hydrogens is 319 g/mol. The van der Waals surface area contributed by atoms with E-state index in [4.69, 9.17) is 10.5 Å². The Balaban J connectivity index is 2.69. The molecule has 0 aliphatic heterocycles. The number of amides is 1. The number of hydrogen-bond donors (Lipinski definition) is 2. The number of esters is 1. The van der Waals surface area contributed by atoms with Gasteiger partial charge in [-0.1, -0.05) is 0 Å². The topological polar surface area (TPSA) is 81.4 Å². The molecule has 1 rings (SSSR count). The molecule has 0 fully saturated rings. The molecule has 0 bridgehead atoms. The Morgan fingerprint density at radius 1 is 1.47 bits per heavy atom. The first-order valence-electron chi connectivity index (χ1n) is 5.52. The number of carbonyl (C=O) groups is 2. The number of anilines is 1. The van der Waals surface area contributed by atoms with E-state index >= 15 is 0 Å². The number of ether oxygens (including phenoxy) is 1. The maximum absolute atomic E-state index is 13.1. The van der Waals surface area contributed by atoms with Crippen LogP contribution >= 0.6 is 15.9 Å². The van der Waals surface area contributed by atoms with E-state index in [-0.39, 0.29) is 21.8 Å². The number of rotatable bonds is 4. The molecule has 104 valence electrons. The lowest BCUT2D eigenvalue weighted by Crippen LogP contribution is -2.34. The standard InChI is InChI=1S/C12H14BrFN2O3/c1-6(2)16-11(17)5-19-12(18)7-3-10(15)9(14)4-8(7)13/h3-4,6H,5,15H2,1-2H3,(H,16,17). The number of carbonyl (C=O) groups excluding carboxylic acids is 2. The molecule has 0 unspecified atom stereocenters. The second kappa shape index (κ2) is 6.51. The number of nitrogens with two attached hydrogens (primary N) is 1. The first kappa shape index (κ1) is 15.4. The minimum Gasteiger partial charge on any atom is -0.452 e. The van der Waals surface area contributed by atoms with Crippen molar-refractivity contribution in [1.29, 1.82) is 0 Å². The van der Waals surface area contributed by atoms with Crippen LogP contribution in [-0.2, 0) is 9.53 Å². The van der Waals surface area contributed by atoms with Gasteiger partial charge in [-0.25, -0.2) is 9.18 Å². The summed E-state index contributed by atoms with van der Waals surface area (Å²) >= 11 is 3.03. The summed E-state index contributed by atoms with van der Waals surface area (Å²) in [6.45, 7) is 3.18. The highest BCUT2D eigenvalue weighted by atomic mass is 79.9. The van der Waals surface area contributed by atoms with Gasteiger partial charge in [0.1, 0.15) is 5.82 Å². The molecular formula is C12H14BrFN2O3. The average Bonchev–Trinajstić information content (AvgIpc) is 2.30. The molecule has 0 saturated carbocycles. The van der Waals surface area contributed by atoms with Crippen LogP contribution in [0.25, 0.3) is 0 Å².